The molecular weight excluding hydrogens is 468 g/mol. The smallest absolute Gasteiger partial charge is 0.338 e. The Labute approximate surface area is 203 Å². The quantitative estimate of drug-likeness (QED) is 0.366. The molecule has 8 nitrogen and oxygen atoms in total. The molecule has 2 heterocycles. The van der Waals surface area contributed by atoms with E-state index in [0.717, 1.165) is 16.5 Å². The summed E-state index contributed by atoms with van der Waals surface area (Å²) < 4.78 is 38.8. The molecular formula is C26H26N2O6S. The number of H-pyrrole nitrogens is 1. The van der Waals surface area contributed by atoms with Gasteiger partial charge in [0.1, 0.15) is 5.76 Å². The standard InChI is InChI=1S/C26H26N2O6S/c1-4-33-26(30)19-7-9-22(10-8-19)35(31,32)28(16-21-6-5-11-34-21)15-20-14-23-18(3)12-17(2)13-24(23)27-25(20)29/h5-14H,4,15-16H2,1-3H3,(H,27,29). The first kappa shape index (κ1) is 24.4. The summed E-state index contributed by atoms with van der Waals surface area (Å²) in [5.41, 5.74) is 2.90. The number of sulfonamides is 1. The molecule has 182 valence electrons. The van der Waals surface area contributed by atoms with E-state index in [4.69, 9.17) is 9.15 Å². The number of nitrogens with one attached hydrogen (secondary N) is 1. The first-order chi connectivity index (χ1) is 16.7. The molecule has 2 aromatic heterocycles. The molecule has 0 bridgehead atoms. The van der Waals surface area contributed by atoms with Crippen molar-refractivity contribution in [3.8, 4) is 0 Å². The Morgan fingerprint density at radius 3 is 2.46 bits per heavy atom. The summed E-state index contributed by atoms with van der Waals surface area (Å²) in [6.45, 7) is 5.57. The minimum absolute atomic E-state index is 0.0128. The maximum Gasteiger partial charge on any atom is 0.338 e. The Bertz CT molecular complexity index is 1520. The van der Waals surface area contributed by atoms with Crippen LogP contribution < -0.4 is 5.56 Å². The molecule has 1 N–H and O–H groups in total. The van der Waals surface area contributed by atoms with Gasteiger partial charge in [0, 0.05) is 23.0 Å². The van der Waals surface area contributed by atoms with Crippen LogP contribution in [-0.4, -0.2) is 30.3 Å². The van der Waals surface area contributed by atoms with Gasteiger partial charge in [-0.15, -0.1) is 0 Å². The zero-order valence-corrected chi connectivity index (χ0v) is 20.5. The summed E-state index contributed by atoms with van der Waals surface area (Å²) in [5, 5.41) is 0.847. The van der Waals surface area contributed by atoms with Crippen LogP contribution in [0.1, 0.15) is 39.7 Å². The Morgan fingerprint density at radius 1 is 1.06 bits per heavy atom. The van der Waals surface area contributed by atoms with E-state index in [-0.39, 0.29) is 35.7 Å². The van der Waals surface area contributed by atoms with Crippen LogP contribution in [-0.2, 0) is 27.8 Å². The lowest BCUT2D eigenvalue weighted by Gasteiger charge is -2.21. The Balaban J connectivity index is 1.73. The van der Waals surface area contributed by atoms with E-state index in [2.05, 4.69) is 4.98 Å². The molecule has 0 atom stereocenters. The van der Waals surface area contributed by atoms with Gasteiger partial charge in [0.05, 0.1) is 29.9 Å². The highest BCUT2D eigenvalue weighted by atomic mass is 32.2. The molecule has 0 fully saturated rings. The fourth-order valence-electron chi connectivity index (χ4n) is 3.95. The highest BCUT2D eigenvalue weighted by Crippen LogP contribution is 2.24. The van der Waals surface area contributed by atoms with Crippen molar-refractivity contribution in [2.45, 2.75) is 38.8 Å². The number of carbonyl (C=O) groups is 1. The van der Waals surface area contributed by atoms with E-state index >= 15 is 0 Å². The van der Waals surface area contributed by atoms with Gasteiger partial charge in [0.2, 0.25) is 10.0 Å². The van der Waals surface area contributed by atoms with Crippen molar-refractivity contribution in [2.75, 3.05) is 6.61 Å². The number of hydrogen-bond acceptors (Lipinski definition) is 6. The van der Waals surface area contributed by atoms with Crippen molar-refractivity contribution >= 4 is 26.9 Å². The molecule has 4 aromatic rings. The van der Waals surface area contributed by atoms with Crippen LogP contribution >= 0.6 is 0 Å². The molecule has 0 aliphatic carbocycles. The van der Waals surface area contributed by atoms with E-state index in [0.29, 0.717) is 16.8 Å². The highest BCUT2D eigenvalue weighted by Gasteiger charge is 2.27. The number of fused-ring (bicyclic) bond motifs is 1. The molecule has 0 saturated heterocycles. The van der Waals surface area contributed by atoms with Gasteiger partial charge in [0.15, 0.2) is 0 Å². The Kier molecular flexibility index (Phi) is 6.90. The fourth-order valence-corrected chi connectivity index (χ4v) is 5.34. The van der Waals surface area contributed by atoms with Gasteiger partial charge in [-0.25, -0.2) is 13.2 Å². The number of benzene rings is 2. The number of aromatic amines is 1. The largest absolute Gasteiger partial charge is 0.468 e. The third kappa shape index (κ3) is 5.21. The zero-order chi connectivity index (χ0) is 25.2. The molecule has 0 saturated carbocycles. The molecule has 0 aliphatic heterocycles. The van der Waals surface area contributed by atoms with Gasteiger partial charge in [-0.1, -0.05) is 6.07 Å². The Hall–Kier alpha value is -3.69. The molecule has 0 spiro atoms. The Morgan fingerprint density at radius 2 is 1.80 bits per heavy atom. The van der Waals surface area contributed by atoms with Crippen LogP contribution in [0.4, 0.5) is 0 Å². The van der Waals surface area contributed by atoms with Crippen molar-refractivity contribution in [1.29, 1.82) is 0 Å². The van der Waals surface area contributed by atoms with Crippen LogP contribution in [0.25, 0.3) is 10.9 Å². The molecule has 0 unspecified atom stereocenters. The first-order valence-electron chi connectivity index (χ1n) is 11.1. The summed E-state index contributed by atoms with van der Waals surface area (Å²) in [5.74, 6) is -0.0991. The second kappa shape index (κ2) is 9.89. The van der Waals surface area contributed by atoms with Crippen molar-refractivity contribution in [3.05, 3.63) is 99.2 Å². The number of aryl methyl sites for hydroxylation is 2. The molecule has 4 rings (SSSR count). The number of aromatic nitrogens is 1. The third-order valence-electron chi connectivity index (χ3n) is 5.65. The summed E-state index contributed by atoms with van der Waals surface area (Å²) in [4.78, 5) is 27.7. The SMILES string of the molecule is CCOC(=O)c1ccc(S(=O)(=O)N(Cc2ccco2)Cc2cc3c(C)cc(C)cc3[nH]c2=O)cc1. The number of hydrogen-bond donors (Lipinski definition) is 1. The average Bonchev–Trinajstić information content (AvgIpc) is 3.33. The molecule has 0 radical (unpaired) electrons. The topological polar surface area (TPSA) is 110 Å². The summed E-state index contributed by atoms with van der Waals surface area (Å²) >= 11 is 0. The number of ether oxygens (including phenoxy) is 1. The minimum Gasteiger partial charge on any atom is -0.468 e. The molecule has 9 heteroatoms. The van der Waals surface area contributed by atoms with Crippen LogP contribution in [0, 0.1) is 13.8 Å². The lowest BCUT2D eigenvalue weighted by Crippen LogP contribution is -2.32. The number of carbonyl (C=O) groups excluding carboxylic acids is 1. The predicted molar refractivity (Wildman–Crippen MR) is 132 cm³/mol. The second-order valence-electron chi connectivity index (χ2n) is 8.26. The number of rotatable bonds is 8. The van der Waals surface area contributed by atoms with E-state index in [1.165, 1.54) is 34.8 Å². The third-order valence-corrected chi connectivity index (χ3v) is 7.46. The van der Waals surface area contributed by atoms with Gasteiger partial charge >= 0.3 is 5.97 Å². The van der Waals surface area contributed by atoms with Crippen LogP contribution in [0.2, 0.25) is 0 Å². The number of pyridine rings is 1. The maximum atomic E-state index is 13.6. The van der Waals surface area contributed by atoms with Crippen molar-refractivity contribution in [1.82, 2.24) is 9.29 Å². The second-order valence-corrected chi connectivity index (χ2v) is 10.2. The summed E-state index contributed by atoms with van der Waals surface area (Å²) in [6, 6.07) is 14.5. The van der Waals surface area contributed by atoms with Crippen LogP contribution in [0.5, 0.6) is 0 Å². The number of esters is 1. The van der Waals surface area contributed by atoms with Gasteiger partial charge in [-0.2, -0.15) is 4.31 Å². The zero-order valence-electron chi connectivity index (χ0n) is 19.7. The number of furan rings is 1. The molecule has 0 amide bonds. The fraction of sp³-hybridized carbons (Fsp3) is 0.231. The minimum atomic E-state index is -4.05. The number of nitrogens with zero attached hydrogens (tertiary/aromatic N) is 1. The van der Waals surface area contributed by atoms with Crippen molar-refractivity contribution in [2.24, 2.45) is 0 Å². The van der Waals surface area contributed by atoms with Gasteiger partial charge in [-0.3, -0.25) is 4.79 Å². The van der Waals surface area contributed by atoms with E-state index in [9.17, 15) is 18.0 Å². The predicted octanol–water partition coefficient (Wildman–Crippen LogP) is 4.31. The maximum absolute atomic E-state index is 13.6. The van der Waals surface area contributed by atoms with Gasteiger partial charge < -0.3 is 14.1 Å². The first-order valence-corrected chi connectivity index (χ1v) is 12.6. The summed E-state index contributed by atoms with van der Waals surface area (Å²) in [6.07, 6.45) is 1.46. The normalized spacial score (nSPS) is 11.8. The van der Waals surface area contributed by atoms with Gasteiger partial charge in [-0.05, 0) is 80.4 Å². The summed E-state index contributed by atoms with van der Waals surface area (Å²) in [7, 11) is -4.05. The van der Waals surface area contributed by atoms with Crippen LogP contribution in [0.3, 0.4) is 0 Å². The van der Waals surface area contributed by atoms with E-state index in [1.54, 1.807) is 25.1 Å². The molecule has 0 aliphatic rings. The average molecular weight is 495 g/mol. The monoisotopic (exact) mass is 494 g/mol. The lowest BCUT2D eigenvalue weighted by molar-refractivity contribution is 0.0526. The van der Waals surface area contributed by atoms with E-state index in [1.807, 2.05) is 26.0 Å². The van der Waals surface area contributed by atoms with E-state index < -0.39 is 16.0 Å². The molecule has 2 aromatic carbocycles. The molecule has 35 heavy (non-hydrogen) atoms. The van der Waals surface area contributed by atoms with Crippen molar-refractivity contribution in [3.63, 3.8) is 0 Å². The van der Waals surface area contributed by atoms with Crippen molar-refractivity contribution < 1.29 is 22.4 Å². The highest BCUT2D eigenvalue weighted by molar-refractivity contribution is 7.89. The lowest BCUT2D eigenvalue weighted by atomic mass is 10.0. The van der Waals surface area contributed by atoms with Crippen LogP contribution in [0.15, 0.2) is 75.0 Å². The van der Waals surface area contributed by atoms with Gasteiger partial charge in [0.25, 0.3) is 5.56 Å².